The van der Waals surface area contributed by atoms with Gasteiger partial charge < -0.3 is 10.2 Å². The summed E-state index contributed by atoms with van der Waals surface area (Å²) in [5.41, 5.74) is 0.654. The highest BCUT2D eigenvalue weighted by atomic mass is 35.5. The number of benzene rings is 1. The number of rotatable bonds is 7. The third-order valence-electron chi connectivity index (χ3n) is 3.54. The zero-order valence-electron chi connectivity index (χ0n) is 14.0. The molecule has 0 fully saturated rings. The molecule has 2 amide bonds. The molecular formula is C17H24Cl2N2O2. The van der Waals surface area contributed by atoms with Crippen LogP contribution in [0.4, 0.5) is 0 Å². The molecule has 0 aliphatic heterocycles. The van der Waals surface area contributed by atoms with Crippen LogP contribution < -0.4 is 5.32 Å². The molecule has 1 aromatic carbocycles. The predicted molar refractivity (Wildman–Crippen MR) is 94.6 cm³/mol. The van der Waals surface area contributed by atoms with Crippen LogP contribution in [0.2, 0.25) is 10.0 Å². The van der Waals surface area contributed by atoms with Gasteiger partial charge in [-0.1, -0.05) is 50.0 Å². The number of nitrogens with one attached hydrogen (secondary N) is 1. The van der Waals surface area contributed by atoms with Gasteiger partial charge in [0.05, 0.1) is 0 Å². The van der Waals surface area contributed by atoms with Gasteiger partial charge in [0, 0.05) is 35.1 Å². The van der Waals surface area contributed by atoms with Crippen molar-refractivity contribution in [2.75, 3.05) is 6.54 Å². The number of amides is 2. The number of nitrogens with zero attached hydrogens (tertiary/aromatic N) is 1. The van der Waals surface area contributed by atoms with Crippen molar-refractivity contribution < 1.29 is 9.59 Å². The zero-order chi connectivity index (χ0) is 17.6. The Morgan fingerprint density at radius 2 is 1.74 bits per heavy atom. The van der Waals surface area contributed by atoms with Gasteiger partial charge in [0.15, 0.2) is 0 Å². The minimum atomic E-state index is -0.589. The summed E-state index contributed by atoms with van der Waals surface area (Å²) >= 11 is 12.4. The van der Waals surface area contributed by atoms with E-state index in [0.717, 1.165) is 0 Å². The summed E-state index contributed by atoms with van der Waals surface area (Å²) in [5, 5.41) is 3.83. The third-order valence-corrected chi connectivity index (χ3v) is 4.25. The first-order valence-corrected chi connectivity index (χ1v) is 8.53. The topological polar surface area (TPSA) is 49.4 Å². The molecule has 0 bridgehead atoms. The molecule has 1 N–H and O–H groups in total. The molecule has 4 nitrogen and oxygen atoms in total. The highest BCUT2D eigenvalue weighted by molar-refractivity contribution is 6.36. The van der Waals surface area contributed by atoms with E-state index in [-0.39, 0.29) is 18.4 Å². The Balaban J connectivity index is 2.96. The lowest BCUT2D eigenvalue weighted by molar-refractivity contribution is -0.140. The molecule has 0 saturated heterocycles. The second-order valence-corrected chi connectivity index (χ2v) is 6.70. The number of carbonyl (C=O) groups is 2. The Morgan fingerprint density at radius 1 is 1.17 bits per heavy atom. The van der Waals surface area contributed by atoms with Gasteiger partial charge in [-0.25, -0.2) is 0 Å². The Labute approximate surface area is 148 Å². The fourth-order valence-electron chi connectivity index (χ4n) is 2.09. The van der Waals surface area contributed by atoms with Gasteiger partial charge in [-0.2, -0.15) is 0 Å². The van der Waals surface area contributed by atoms with E-state index in [1.165, 1.54) is 4.90 Å². The van der Waals surface area contributed by atoms with Gasteiger partial charge in [-0.15, -0.1) is 0 Å². The minimum Gasteiger partial charge on any atom is -0.354 e. The molecule has 0 radical (unpaired) electrons. The summed E-state index contributed by atoms with van der Waals surface area (Å²) < 4.78 is 0. The Morgan fingerprint density at radius 3 is 2.22 bits per heavy atom. The molecule has 23 heavy (non-hydrogen) atoms. The molecule has 0 aromatic heterocycles. The summed E-state index contributed by atoms with van der Waals surface area (Å²) in [6.07, 6.45) is 0.309. The van der Waals surface area contributed by atoms with Gasteiger partial charge >= 0.3 is 0 Å². The molecule has 0 spiro atoms. The van der Waals surface area contributed by atoms with Crippen molar-refractivity contribution >= 4 is 35.0 Å². The van der Waals surface area contributed by atoms with Crippen molar-refractivity contribution in [1.82, 2.24) is 10.2 Å². The molecule has 0 saturated carbocycles. The lowest BCUT2D eigenvalue weighted by Gasteiger charge is -2.29. The van der Waals surface area contributed by atoms with Crippen molar-refractivity contribution in [3.63, 3.8) is 0 Å². The van der Waals surface area contributed by atoms with Crippen LogP contribution in [0.3, 0.4) is 0 Å². The van der Waals surface area contributed by atoms with Crippen molar-refractivity contribution in [3.05, 3.63) is 33.8 Å². The van der Waals surface area contributed by atoms with Crippen LogP contribution in [-0.4, -0.2) is 29.3 Å². The quantitative estimate of drug-likeness (QED) is 0.803. The summed E-state index contributed by atoms with van der Waals surface area (Å²) in [4.78, 5) is 26.1. The minimum absolute atomic E-state index is 0.117. The number of hydrogen-bond donors (Lipinski definition) is 1. The van der Waals surface area contributed by atoms with Crippen LogP contribution in [0, 0.1) is 5.92 Å². The first kappa shape index (κ1) is 19.8. The third kappa shape index (κ3) is 5.70. The monoisotopic (exact) mass is 358 g/mol. The summed E-state index contributed by atoms with van der Waals surface area (Å²) in [7, 11) is 0. The number of halogens is 2. The van der Waals surface area contributed by atoms with E-state index < -0.39 is 6.04 Å². The molecule has 128 valence electrons. The fraction of sp³-hybridized carbons (Fsp3) is 0.529. The number of hydrogen-bond acceptors (Lipinski definition) is 2. The lowest BCUT2D eigenvalue weighted by atomic mass is 10.1. The van der Waals surface area contributed by atoms with Crippen LogP contribution in [0.15, 0.2) is 18.2 Å². The van der Waals surface area contributed by atoms with Crippen molar-refractivity contribution in [1.29, 1.82) is 0 Å². The van der Waals surface area contributed by atoms with Crippen molar-refractivity contribution in [3.8, 4) is 0 Å². The summed E-state index contributed by atoms with van der Waals surface area (Å²) in [6, 6.07) is 4.61. The fourth-order valence-corrected chi connectivity index (χ4v) is 2.61. The standard InChI is InChI=1S/C17H24Cl2N2O2/c1-5-16(22)21(12(4)17(23)20-9-11(2)3)10-13-14(18)7-6-8-15(13)19/h6-8,11-12H,5,9-10H2,1-4H3,(H,20,23)/t12-/m0/s1. The van der Waals surface area contributed by atoms with Gasteiger partial charge in [0.2, 0.25) is 11.8 Å². The molecule has 1 aromatic rings. The Bertz CT molecular complexity index is 541. The van der Waals surface area contributed by atoms with Crippen LogP contribution in [0.25, 0.3) is 0 Å². The average molecular weight is 359 g/mol. The van der Waals surface area contributed by atoms with Crippen molar-refractivity contribution in [2.24, 2.45) is 5.92 Å². The molecule has 0 aliphatic carbocycles. The molecule has 0 aliphatic rings. The maximum absolute atomic E-state index is 12.3. The molecule has 0 heterocycles. The van der Waals surface area contributed by atoms with Crippen LogP contribution in [0.5, 0.6) is 0 Å². The molecule has 1 atom stereocenters. The highest BCUT2D eigenvalue weighted by Crippen LogP contribution is 2.26. The van der Waals surface area contributed by atoms with Gasteiger partial charge in [-0.3, -0.25) is 9.59 Å². The normalized spacial score (nSPS) is 12.1. The van der Waals surface area contributed by atoms with Crippen molar-refractivity contribution in [2.45, 2.75) is 46.7 Å². The van der Waals surface area contributed by atoms with Crippen LogP contribution in [-0.2, 0) is 16.1 Å². The van der Waals surface area contributed by atoms with Crippen LogP contribution >= 0.6 is 23.2 Å². The Kier molecular flexibility index (Phi) is 7.86. The molecule has 0 unspecified atom stereocenters. The molecular weight excluding hydrogens is 335 g/mol. The Hall–Kier alpha value is -1.26. The van der Waals surface area contributed by atoms with E-state index in [2.05, 4.69) is 5.32 Å². The van der Waals surface area contributed by atoms with Gasteiger partial charge in [0.25, 0.3) is 0 Å². The van der Waals surface area contributed by atoms with E-state index in [0.29, 0.717) is 34.5 Å². The van der Waals surface area contributed by atoms with E-state index in [1.807, 2.05) is 13.8 Å². The number of carbonyl (C=O) groups excluding carboxylic acids is 2. The maximum Gasteiger partial charge on any atom is 0.242 e. The SMILES string of the molecule is CCC(=O)N(Cc1c(Cl)cccc1Cl)[C@@H](C)C(=O)NCC(C)C. The van der Waals surface area contributed by atoms with E-state index in [4.69, 9.17) is 23.2 Å². The largest absolute Gasteiger partial charge is 0.354 e. The summed E-state index contributed by atoms with van der Waals surface area (Å²) in [6.45, 7) is 8.30. The van der Waals surface area contributed by atoms with E-state index in [1.54, 1.807) is 32.0 Å². The first-order chi connectivity index (χ1) is 10.8. The smallest absolute Gasteiger partial charge is 0.242 e. The second-order valence-electron chi connectivity index (χ2n) is 5.89. The maximum atomic E-state index is 12.3. The first-order valence-electron chi connectivity index (χ1n) is 7.78. The predicted octanol–water partition coefficient (Wildman–Crippen LogP) is 3.89. The summed E-state index contributed by atoms with van der Waals surface area (Å²) in [5.74, 6) is 0.0522. The van der Waals surface area contributed by atoms with Gasteiger partial charge in [-0.05, 0) is 25.0 Å². The van der Waals surface area contributed by atoms with Gasteiger partial charge in [0.1, 0.15) is 6.04 Å². The molecule has 1 rings (SSSR count). The van der Waals surface area contributed by atoms with Crippen LogP contribution in [0.1, 0.15) is 39.7 Å². The highest BCUT2D eigenvalue weighted by Gasteiger charge is 2.26. The van der Waals surface area contributed by atoms with E-state index in [9.17, 15) is 9.59 Å². The molecule has 6 heteroatoms. The second kappa shape index (κ2) is 9.14. The zero-order valence-corrected chi connectivity index (χ0v) is 15.5. The average Bonchev–Trinajstić information content (AvgIpc) is 2.51. The van der Waals surface area contributed by atoms with E-state index >= 15 is 0 Å². The lowest BCUT2D eigenvalue weighted by Crippen LogP contribution is -2.48.